The molecule has 0 saturated heterocycles. The molecule has 0 bridgehead atoms. The first-order valence-electron chi connectivity index (χ1n) is 6.09. The monoisotopic (exact) mass is 283 g/mol. The molecule has 1 nitrogen and oxygen atoms in total. The van der Waals surface area contributed by atoms with Crippen molar-refractivity contribution in [2.24, 2.45) is 0 Å². The van der Waals surface area contributed by atoms with E-state index in [1.54, 1.807) is 11.3 Å². The van der Waals surface area contributed by atoms with Gasteiger partial charge in [0.1, 0.15) is 5.01 Å². The van der Waals surface area contributed by atoms with Gasteiger partial charge in [0, 0.05) is 15.8 Å². The van der Waals surface area contributed by atoms with Crippen molar-refractivity contribution >= 4 is 23.1 Å². The van der Waals surface area contributed by atoms with E-state index >= 15 is 0 Å². The number of benzene rings is 2. The molecule has 0 aliphatic carbocycles. The van der Waals surface area contributed by atoms with Gasteiger partial charge in [-0.3, -0.25) is 0 Å². The lowest BCUT2D eigenvalue weighted by Gasteiger charge is -1.98. The molecule has 0 N–H and O–H groups in total. The molecule has 0 aliphatic heterocycles. The molecule has 0 unspecified atom stereocenters. The number of thiazole rings is 1. The standard InChI is InChI=1S/C16H13NS2/c1-3-7-13(8-4-1)15-11-19-16(17-15)12-18-14-9-5-2-6-10-14/h1-11H,12H2. The minimum Gasteiger partial charge on any atom is -0.240 e. The van der Waals surface area contributed by atoms with E-state index in [1.807, 2.05) is 36.0 Å². The Labute approximate surface area is 121 Å². The Morgan fingerprint density at radius 1 is 0.895 bits per heavy atom. The van der Waals surface area contributed by atoms with E-state index in [0.717, 1.165) is 11.4 Å². The maximum atomic E-state index is 4.69. The smallest absolute Gasteiger partial charge is 0.104 e. The van der Waals surface area contributed by atoms with Crippen LogP contribution in [-0.4, -0.2) is 4.98 Å². The maximum Gasteiger partial charge on any atom is 0.104 e. The number of thioether (sulfide) groups is 1. The highest BCUT2D eigenvalue weighted by atomic mass is 32.2. The van der Waals surface area contributed by atoms with Gasteiger partial charge in [-0.1, -0.05) is 48.5 Å². The normalized spacial score (nSPS) is 10.5. The number of aromatic nitrogens is 1. The highest BCUT2D eigenvalue weighted by Crippen LogP contribution is 2.27. The van der Waals surface area contributed by atoms with E-state index in [1.165, 1.54) is 15.5 Å². The van der Waals surface area contributed by atoms with Crippen molar-refractivity contribution in [1.82, 2.24) is 4.98 Å². The number of hydrogen-bond donors (Lipinski definition) is 0. The van der Waals surface area contributed by atoms with Crippen LogP contribution < -0.4 is 0 Å². The number of hydrogen-bond acceptors (Lipinski definition) is 3. The summed E-state index contributed by atoms with van der Waals surface area (Å²) < 4.78 is 0. The van der Waals surface area contributed by atoms with Crippen LogP contribution in [0.1, 0.15) is 5.01 Å². The number of nitrogens with zero attached hydrogens (tertiary/aromatic N) is 1. The molecule has 0 amide bonds. The van der Waals surface area contributed by atoms with Gasteiger partial charge in [-0.05, 0) is 12.1 Å². The predicted octanol–water partition coefficient (Wildman–Crippen LogP) is 5.10. The second kappa shape index (κ2) is 6.04. The third-order valence-corrected chi connectivity index (χ3v) is 4.78. The van der Waals surface area contributed by atoms with Gasteiger partial charge in [0.15, 0.2) is 0 Å². The summed E-state index contributed by atoms with van der Waals surface area (Å²) in [5.41, 5.74) is 2.27. The topological polar surface area (TPSA) is 12.9 Å². The molecule has 0 radical (unpaired) electrons. The SMILES string of the molecule is c1ccc(SCc2nc(-c3ccccc3)cs2)cc1. The van der Waals surface area contributed by atoms with Crippen molar-refractivity contribution in [1.29, 1.82) is 0 Å². The van der Waals surface area contributed by atoms with Crippen LogP contribution in [0.3, 0.4) is 0 Å². The van der Waals surface area contributed by atoms with Crippen molar-refractivity contribution in [3.63, 3.8) is 0 Å². The minimum atomic E-state index is 0.932. The van der Waals surface area contributed by atoms with Crippen LogP contribution in [0.5, 0.6) is 0 Å². The van der Waals surface area contributed by atoms with E-state index in [2.05, 4.69) is 41.8 Å². The summed E-state index contributed by atoms with van der Waals surface area (Å²) in [6.07, 6.45) is 0. The molecule has 1 heterocycles. The van der Waals surface area contributed by atoms with Gasteiger partial charge in [0.25, 0.3) is 0 Å². The fourth-order valence-corrected chi connectivity index (χ4v) is 3.52. The molecule has 0 atom stereocenters. The maximum absolute atomic E-state index is 4.69. The van der Waals surface area contributed by atoms with E-state index in [-0.39, 0.29) is 0 Å². The van der Waals surface area contributed by atoms with Gasteiger partial charge >= 0.3 is 0 Å². The van der Waals surface area contributed by atoms with Gasteiger partial charge in [0.2, 0.25) is 0 Å². The molecule has 2 aromatic carbocycles. The first kappa shape index (κ1) is 12.5. The lowest BCUT2D eigenvalue weighted by molar-refractivity contribution is 1.26. The first-order chi connectivity index (χ1) is 9.42. The van der Waals surface area contributed by atoms with Gasteiger partial charge < -0.3 is 0 Å². The zero-order valence-corrected chi connectivity index (χ0v) is 12.0. The molecule has 0 aliphatic rings. The molecule has 1 aromatic heterocycles. The third-order valence-electron chi connectivity index (χ3n) is 2.73. The van der Waals surface area contributed by atoms with Crippen molar-refractivity contribution in [3.05, 3.63) is 71.1 Å². The molecule has 3 aromatic rings. The fraction of sp³-hybridized carbons (Fsp3) is 0.0625. The van der Waals surface area contributed by atoms with Crippen molar-refractivity contribution in [2.45, 2.75) is 10.6 Å². The largest absolute Gasteiger partial charge is 0.240 e. The summed E-state index contributed by atoms with van der Waals surface area (Å²) in [6, 6.07) is 20.8. The zero-order valence-electron chi connectivity index (χ0n) is 10.3. The van der Waals surface area contributed by atoms with E-state index in [9.17, 15) is 0 Å². The van der Waals surface area contributed by atoms with Gasteiger partial charge in [-0.25, -0.2) is 4.98 Å². The summed E-state index contributed by atoms with van der Waals surface area (Å²) in [6.45, 7) is 0. The second-order valence-corrected chi connectivity index (χ2v) is 6.09. The molecular weight excluding hydrogens is 270 g/mol. The van der Waals surface area contributed by atoms with Crippen LogP contribution in [0.2, 0.25) is 0 Å². The van der Waals surface area contributed by atoms with Gasteiger partial charge in [-0.15, -0.1) is 23.1 Å². The molecule has 3 heteroatoms. The molecule has 0 spiro atoms. The van der Waals surface area contributed by atoms with Crippen LogP contribution in [0.4, 0.5) is 0 Å². The highest BCUT2D eigenvalue weighted by Gasteiger charge is 2.04. The minimum absolute atomic E-state index is 0.932. The van der Waals surface area contributed by atoms with Gasteiger partial charge in [0.05, 0.1) is 11.4 Å². The number of rotatable bonds is 4. The predicted molar refractivity (Wildman–Crippen MR) is 83.6 cm³/mol. The summed E-state index contributed by atoms with van der Waals surface area (Å²) in [7, 11) is 0. The first-order valence-corrected chi connectivity index (χ1v) is 7.96. The summed E-state index contributed by atoms with van der Waals surface area (Å²) in [5, 5.41) is 3.31. The molecule has 19 heavy (non-hydrogen) atoms. The lowest BCUT2D eigenvalue weighted by atomic mass is 10.2. The van der Waals surface area contributed by atoms with Crippen LogP contribution in [-0.2, 0) is 5.75 Å². The molecule has 0 fully saturated rings. The Kier molecular flexibility index (Phi) is 3.96. The van der Waals surface area contributed by atoms with Crippen molar-refractivity contribution < 1.29 is 0 Å². The van der Waals surface area contributed by atoms with E-state index < -0.39 is 0 Å². The quantitative estimate of drug-likeness (QED) is 0.618. The Bertz CT molecular complexity index is 632. The summed E-state index contributed by atoms with van der Waals surface area (Å²) in [4.78, 5) is 5.98. The van der Waals surface area contributed by atoms with Crippen LogP contribution >= 0.6 is 23.1 Å². The Morgan fingerprint density at radius 3 is 2.32 bits per heavy atom. The Balaban J connectivity index is 1.69. The van der Waals surface area contributed by atoms with Crippen molar-refractivity contribution in [3.8, 4) is 11.3 Å². The van der Waals surface area contributed by atoms with Crippen LogP contribution in [0.15, 0.2) is 70.9 Å². The molecule has 0 saturated carbocycles. The van der Waals surface area contributed by atoms with E-state index in [0.29, 0.717) is 0 Å². The zero-order chi connectivity index (χ0) is 12.9. The summed E-state index contributed by atoms with van der Waals surface area (Å²) >= 11 is 3.56. The van der Waals surface area contributed by atoms with Crippen LogP contribution in [0.25, 0.3) is 11.3 Å². The fourth-order valence-electron chi connectivity index (χ4n) is 1.78. The van der Waals surface area contributed by atoms with Crippen LogP contribution in [0, 0.1) is 0 Å². The van der Waals surface area contributed by atoms with Crippen molar-refractivity contribution in [2.75, 3.05) is 0 Å². The highest BCUT2D eigenvalue weighted by molar-refractivity contribution is 7.98. The van der Waals surface area contributed by atoms with E-state index in [4.69, 9.17) is 4.98 Å². The average Bonchev–Trinajstić information content (AvgIpc) is 2.96. The average molecular weight is 283 g/mol. The molecule has 3 rings (SSSR count). The van der Waals surface area contributed by atoms with Gasteiger partial charge in [-0.2, -0.15) is 0 Å². The third kappa shape index (κ3) is 3.25. The second-order valence-electron chi connectivity index (χ2n) is 4.09. The molecule has 94 valence electrons. The Hall–Kier alpha value is -1.58. The lowest BCUT2D eigenvalue weighted by Crippen LogP contribution is -1.81. The molecular formula is C16H13NS2. The summed E-state index contributed by atoms with van der Waals surface area (Å²) in [5.74, 6) is 0.932. The Morgan fingerprint density at radius 2 is 1.58 bits per heavy atom.